The quantitative estimate of drug-likeness (QED) is 0.864. The number of phenolic OH excluding ortho intramolecular Hbond substituents is 1. The molecule has 1 fully saturated rings. The number of ether oxygens (including phenoxy) is 1. The smallest absolute Gasteiger partial charge is 0.135 e. The lowest BCUT2D eigenvalue weighted by molar-refractivity contribution is -0.107. The molecule has 0 aliphatic carbocycles. The highest BCUT2D eigenvalue weighted by atomic mass is 79.9. The maximum atomic E-state index is 10.5. The van der Waals surface area contributed by atoms with E-state index in [0.717, 1.165) is 25.1 Å². The number of nitrogens with zero attached hydrogens (tertiary/aromatic N) is 1. The molecule has 0 unspecified atom stereocenters. The molecule has 1 saturated heterocycles. The molecule has 17 heavy (non-hydrogen) atoms. The van der Waals surface area contributed by atoms with E-state index < -0.39 is 0 Å². The van der Waals surface area contributed by atoms with Crippen LogP contribution in [0.5, 0.6) is 5.75 Å². The third kappa shape index (κ3) is 2.61. The van der Waals surface area contributed by atoms with Gasteiger partial charge in [0.25, 0.3) is 0 Å². The standard InChI is InChI=1S/C12H14BrNO3/c13-11-10(14-4-7-17-8-5-14)2-1-9(3-6-15)12(11)16/h1-2,6,16H,3-5,7-8H2. The SMILES string of the molecule is O=CCc1ccc(N2CCOCC2)c(Br)c1O. The molecule has 0 amide bonds. The van der Waals surface area contributed by atoms with Gasteiger partial charge in [0.1, 0.15) is 12.0 Å². The van der Waals surface area contributed by atoms with Gasteiger partial charge < -0.3 is 19.5 Å². The molecule has 1 N–H and O–H groups in total. The lowest BCUT2D eigenvalue weighted by atomic mass is 10.1. The van der Waals surface area contributed by atoms with Crippen molar-refractivity contribution in [1.82, 2.24) is 0 Å². The van der Waals surface area contributed by atoms with Crippen LogP contribution in [0, 0.1) is 0 Å². The first-order chi connectivity index (χ1) is 8.24. The average molecular weight is 300 g/mol. The molecule has 0 atom stereocenters. The van der Waals surface area contributed by atoms with Gasteiger partial charge in [0.15, 0.2) is 0 Å². The van der Waals surface area contributed by atoms with Crippen molar-refractivity contribution in [1.29, 1.82) is 0 Å². The van der Waals surface area contributed by atoms with Crippen molar-refractivity contribution in [3.05, 3.63) is 22.2 Å². The van der Waals surface area contributed by atoms with E-state index in [4.69, 9.17) is 4.74 Å². The Bertz CT molecular complexity index is 416. The van der Waals surface area contributed by atoms with Crippen LogP contribution in [0.1, 0.15) is 5.56 Å². The topological polar surface area (TPSA) is 49.8 Å². The number of anilines is 1. The van der Waals surface area contributed by atoms with E-state index in [2.05, 4.69) is 20.8 Å². The lowest BCUT2D eigenvalue weighted by Crippen LogP contribution is -2.36. The summed E-state index contributed by atoms with van der Waals surface area (Å²) < 4.78 is 5.94. The summed E-state index contributed by atoms with van der Waals surface area (Å²) in [6, 6.07) is 3.72. The van der Waals surface area contributed by atoms with Crippen LogP contribution in [0.2, 0.25) is 0 Å². The van der Waals surface area contributed by atoms with E-state index in [-0.39, 0.29) is 12.2 Å². The van der Waals surface area contributed by atoms with Gasteiger partial charge in [-0.2, -0.15) is 0 Å². The summed E-state index contributed by atoms with van der Waals surface area (Å²) >= 11 is 3.39. The van der Waals surface area contributed by atoms with Gasteiger partial charge in [0, 0.05) is 25.1 Å². The number of carbonyl (C=O) groups excluding carboxylic acids is 1. The minimum absolute atomic E-state index is 0.154. The fraction of sp³-hybridized carbons (Fsp3) is 0.417. The number of benzene rings is 1. The van der Waals surface area contributed by atoms with Crippen molar-refractivity contribution in [2.45, 2.75) is 6.42 Å². The second-order valence-electron chi connectivity index (χ2n) is 3.88. The van der Waals surface area contributed by atoms with Crippen LogP contribution in [-0.4, -0.2) is 37.7 Å². The molecule has 0 spiro atoms. The van der Waals surface area contributed by atoms with Crippen LogP contribution < -0.4 is 4.90 Å². The summed E-state index contributed by atoms with van der Waals surface area (Å²) in [5.74, 6) is 0.154. The summed E-state index contributed by atoms with van der Waals surface area (Å²) in [7, 11) is 0. The summed E-state index contributed by atoms with van der Waals surface area (Å²) in [6.07, 6.45) is 1.02. The van der Waals surface area contributed by atoms with E-state index in [9.17, 15) is 9.90 Å². The average Bonchev–Trinajstić information content (AvgIpc) is 2.36. The normalized spacial score (nSPS) is 15.9. The molecular formula is C12H14BrNO3. The molecule has 0 saturated carbocycles. The summed E-state index contributed by atoms with van der Waals surface area (Å²) in [5.41, 5.74) is 1.59. The fourth-order valence-corrected chi connectivity index (χ4v) is 2.53. The second-order valence-corrected chi connectivity index (χ2v) is 4.67. The first kappa shape index (κ1) is 12.4. The summed E-state index contributed by atoms with van der Waals surface area (Å²) in [5, 5.41) is 9.98. The Morgan fingerprint density at radius 1 is 1.41 bits per heavy atom. The van der Waals surface area contributed by atoms with Crippen LogP contribution >= 0.6 is 15.9 Å². The molecule has 1 aromatic carbocycles. The molecule has 4 nitrogen and oxygen atoms in total. The van der Waals surface area contributed by atoms with E-state index >= 15 is 0 Å². The van der Waals surface area contributed by atoms with Crippen molar-refractivity contribution in [2.24, 2.45) is 0 Å². The number of carbonyl (C=O) groups is 1. The Morgan fingerprint density at radius 2 is 2.12 bits per heavy atom. The number of aromatic hydroxyl groups is 1. The zero-order valence-electron chi connectivity index (χ0n) is 9.36. The Balaban J connectivity index is 2.29. The van der Waals surface area contributed by atoms with E-state index in [1.165, 1.54) is 0 Å². The van der Waals surface area contributed by atoms with Crippen LogP contribution in [0.25, 0.3) is 0 Å². The van der Waals surface area contributed by atoms with Gasteiger partial charge in [-0.05, 0) is 22.0 Å². The highest BCUT2D eigenvalue weighted by Gasteiger charge is 2.17. The lowest BCUT2D eigenvalue weighted by Gasteiger charge is -2.30. The van der Waals surface area contributed by atoms with Crippen LogP contribution in [0.15, 0.2) is 16.6 Å². The van der Waals surface area contributed by atoms with Crippen molar-refractivity contribution in [3.8, 4) is 5.75 Å². The first-order valence-corrected chi connectivity index (χ1v) is 6.30. The number of rotatable bonds is 3. The highest BCUT2D eigenvalue weighted by Crippen LogP contribution is 2.37. The Hall–Kier alpha value is -1.07. The molecular weight excluding hydrogens is 286 g/mol. The van der Waals surface area contributed by atoms with Gasteiger partial charge in [0.05, 0.1) is 23.4 Å². The van der Waals surface area contributed by atoms with E-state index in [1.54, 1.807) is 6.07 Å². The van der Waals surface area contributed by atoms with Gasteiger partial charge in [-0.25, -0.2) is 0 Å². The van der Waals surface area contributed by atoms with Gasteiger partial charge in [-0.1, -0.05) is 6.07 Å². The van der Waals surface area contributed by atoms with Gasteiger partial charge >= 0.3 is 0 Å². The van der Waals surface area contributed by atoms with Crippen molar-refractivity contribution in [3.63, 3.8) is 0 Å². The minimum atomic E-state index is 0.154. The zero-order chi connectivity index (χ0) is 12.3. The molecule has 1 aromatic rings. The van der Waals surface area contributed by atoms with Crippen LogP contribution in [0.3, 0.4) is 0 Å². The zero-order valence-corrected chi connectivity index (χ0v) is 10.9. The Labute approximate surface area is 108 Å². The van der Waals surface area contributed by atoms with Gasteiger partial charge in [-0.15, -0.1) is 0 Å². The Morgan fingerprint density at radius 3 is 2.76 bits per heavy atom. The maximum Gasteiger partial charge on any atom is 0.135 e. The fourth-order valence-electron chi connectivity index (χ4n) is 1.90. The van der Waals surface area contributed by atoms with Crippen molar-refractivity contribution >= 4 is 27.9 Å². The molecule has 0 bridgehead atoms. The molecule has 5 heteroatoms. The van der Waals surface area contributed by atoms with Crippen molar-refractivity contribution in [2.75, 3.05) is 31.2 Å². The minimum Gasteiger partial charge on any atom is -0.506 e. The predicted octanol–water partition coefficient (Wildman–Crippen LogP) is 1.73. The number of aldehydes is 1. The summed E-state index contributed by atoms with van der Waals surface area (Å²) in [6.45, 7) is 3.02. The van der Waals surface area contributed by atoms with E-state index in [1.807, 2.05) is 6.07 Å². The largest absolute Gasteiger partial charge is 0.506 e. The number of hydrogen-bond acceptors (Lipinski definition) is 4. The van der Waals surface area contributed by atoms with Gasteiger partial charge in [-0.3, -0.25) is 0 Å². The molecule has 2 rings (SSSR count). The first-order valence-electron chi connectivity index (χ1n) is 5.50. The molecule has 1 heterocycles. The predicted molar refractivity (Wildman–Crippen MR) is 68.6 cm³/mol. The number of halogens is 1. The number of phenols is 1. The number of morpholine rings is 1. The maximum absolute atomic E-state index is 10.5. The van der Waals surface area contributed by atoms with Crippen LogP contribution in [-0.2, 0) is 16.0 Å². The third-order valence-corrected chi connectivity index (χ3v) is 3.62. The molecule has 1 aliphatic rings. The third-order valence-electron chi connectivity index (χ3n) is 2.83. The van der Waals surface area contributed by atoms with E-state index in [0.29, 0.717) is 23.2 Å². The monoisotopic (exact) mass is 299 g/mol. The van der Waals surface area contributed by atoms with Crippen LogP contribution in [0.4, 0.5) is 5.69 Å². The summed E-state index contributed by atoms with van der Waals surface area (Å²) in [4.78, 5) is 12.6. The van der Waals surface area contributed by atoms with Crippen molar-refractivity contribution < 1.29 is 14.6 Å². The second kappa shape index (κ2) is 5.51. The molecule has 0 aromatic heterocycles. The molecule has 1 aliphatic heterocycles. The number of hydrogen-bond donors (Lipinski definition) is 1. The molecule has 0 radical (unpaired) electrons. The Kier molecular flexibility index (Phi) is 4.02. The van der Waals surface area contributed by atoms with Gasteiger partial charge in [0.2, 0.25) is 0 Å². The molecule has 92 valence electrons. The highest BCUT2D eigenvalue weighted by molar-refractivity contribution is 9.10.